The number of aliphatic carboxylic acids is 1. The van der Waals surface area contributed by atoms with Crippen LogP contribution in [0.2, 0.25) is 0 Å². The summed E-state index contributed by atoms with van der Waals surface area (Å²) in [5, 5.41) is 12.8. The Kier molecular flexibility index (Phi) is 3.66. The highest BCUT2D eigenvalue weighted by Crippen LogP contribution is 2.49. The van der Waals surface area contributed by atoms with Crippen LogP contribution in [0.4, 0.5) is 0 Å². The standard InChI is InChI=1S/C12H18N2O4S/c1-14-10(2-6-13-14)3-7-19(17,18)9-12(4-5-12)8-11(15)16/h2,6H,3-5,7-9H2,1H3,(H,15,16). The van der Waals surface area contributed by atoms with Crippen LogP contribution < -0.4 is 0 Å². The lowest BCUT2D eigenvalue weighted by molar-refractivity contribution is -0.138. The molecule has 1 heterocycles. The number of carboxylic acids is 1. The highest BCUT2D eigenvalue weighted by Gasteiger charge is 2.47. The topological polar surface area (TPSA) is 89.3 Å². The molecule has 0 bridgehead atoms. The summed E-state index contributed by atoms with van der Waals surface area (Å²) >= 11 is 0. The Hall–Kier alpha value is -1.37. The molecule has 0 spiro atoms. The molecule has 0 aliphatic heterocycles. The number of aryl methyl sites for hydroxylation is 2. The lowest BCUT2D eigenvalue weighted by Gasteiger charge is -2.12. The summed E-state index contributed by atoms with van der Waals surface area (Å²) in [6.07, 6.45) is 3.41. The lowest BCUT2D eigenvalue weighted by Crippen LogP contribution is -2.23. The monoisotopic (exact) mass is 286 g/mol. The van der Waals surface area contributed by atoms with Crippen molar-refractivity contribution in [1.29, 1.82) is 0 Å². The second kappa shape index (κ2) is 4.96. The first-order valence-corrected chi connectivity index (χ1v) is 8.03. The van der Waals surface area contributed by atoms with E-state index in [2.05, 4.69) is 5.10 Å². The molecule has 1 aliphatic carbocycles. The van der Waals surface area contributed by atoms with E-state index in [4.69, 9.17) is 5.11 Å². The van der Waals surface area contributed by atoms with Gasteiger partial charge in [-0.05, 0) is 24.3 Å². The van der Waals surface area contributed by atoms with Gasteiger partial charge in [0.15, 0.2) is 9.84 Å². The summed E-state index contributed by atoms with van der Waals surface area (Å²) in [5.74, 6) is -0.878. The Balaban J connectivity index is 1.92. The molecular weight excluding hydrogens is 268 g/mol. The lowest BCUT2D eigenvalue weighted by atomic mass is 10.1. The van der Waals surface area contributed by atoms with Gasteiger partial charge in [-0.15, -0.1) is 0 Å². The number of hydrogen-bond donors (Lipinski definition) is 1. The number of hydrogen-bond acceptors (Lipinski definition) is 4. The average Bonchev–Trinajstić information content (AvgIpc) is 2.86. The maximum Gasteiger partial charge on any atom is 0.303 e. The van der Waals surface area contributed by atoms with Crippen molar-refractivity contribution in [3.63, 3.8) is 0 Å². The fourth-order valence-corrected chi connectivity index (χ4v) is 4.30. The van der Waals surface area contributed by atoms with Crippen LogP contribution in [0.5, 0.6) is 0 Å². The quantitative estimate of drug-likeness (QED) is 0.794. The first-order chi connectivity index (χ1) is 8.82. The van der Waals surface area contributed by atoms with Crippen molar-refractivity contribution in [1.82, 2.24) is 9.78 Å². The zero-order valence-electron chi connectivity index (χ0n) is 10.9. The van der Waals surface area contributed by atoms with Gasteiger partial charge in [0, 0.05) is 25.4 Å². The maximum absolute atomic E-state index is 12.1. The minimum atomic E-state index is -3.22. The smallest absolute Gasteiger partial charge is 0.303 e. The molecule has 1 aliphatic rings. The maximum atomic E-state index is 12.1. The molecule has 6 nitrogen and oxygen atoms in total. The Morgan fingerprint density at radius 3 is 2.68 bits per heavy atom. The minimum absolute atomic E-state index is 0.00977. The third-order valence-electron chi connectivity index (χ3n) is 3.60. The summed E-state index contributed by atoms with van der Waals surface area (Å²) in [4.78, 5) is 10.7. The number of sulfone groups is 1. The average molecular weight is 286 g/mol. The highest BCUT2D eigenvalue weighted by molar-refractivity contribution is 7.91. The van der Waals surface area contributed by atoms with E-state index in [1.54, 1.807) is 24.0 Å². The van der Waals surface area contributed by atoms with Crippen LogP contribution in [0, 0.1) is 5.41 Å². The number of rotatable bonds is 7. The third-order valence-corrected chi connectivity index (χ3v) is 5.48. The molecule has 7 heteroatoms. The zero-order chi connectivity index (χ0) is 14.1. The van der Waals surface area contributed by atoms with Crippen LogP contribution in [-0.4, -0.2) is 40.8 Å². The van der Waals surface area contributed by atoms with Crippen molar-refractivity contribution in [2.24, 2.45) is 12.5 Å². The normalized spacial score (nSPS) is 17.3. The zero-order valence-corrected chi connectivity index (χ0v) is 11.7. The Morgan fingerprint density at radius 2 is 2.21 bits per heavy atom. The number of aromatic nitrogens is 2. The van der Waals surface area contributed by atoms with Crippen molar-refractivity contribution in [3.8, 4) is 0 Å². The molecule has 0 unspecified atom stereocenters. The van der Waals surface area contributed by atoms with Crippen molar-refractivity contribution >= 4 is 15.8 Å². The van der Waals surface area contributed by atoms with Crippen molar-refractivity contribution < 1.29 is 18.3 Å². The van der Waals surface area contributed by atoms with Gasteiger partial charge in [0.1, 0.15) is 0 Å². The van der Waals surface area contributed by atoms with Crippen molar-refractivity contribution in [2.45, 2.75) is 25.7 Å². The van der Waals surface area contributed by atoms with E-state index in [9.17, 15) is 13.2 Å². The summed E-state index contributed by atoms with van der Waals surface area (Å²) in [6.45, 7) is 0. The molecule has 1 saturated carbocycles. The first kappa shape index (κ1) is 14.0. The van der Waals surface area contributed by atoms with Crippen LogP contribution >= 0.6 is 0 Å². The molecule has 1 aromatic rings. The molecule has 106 valence electrons. The predicted octanol–water partition coefficient (Wildman–Crippen LogP) is 0.632. The predicted molar refractivity (Wildman–Crippen MR) is 69.5 cm³/mol. The van der Waals surface area contributed by atoms with Crippen molar-refractivity contribution in [2.75, 3.05) is 11.5 Å². The molecule has 1 N–H and O–H groups in total. The molecule has 0 radical (unpaired) electrons. The summed E-state index contributed by atoms with van der Waals surface area (Å²) in [7, 11) is -1.45. The molecular formula is C12H18N2O4S. The van der Waals surface area contributed by atoms with E-state index in [1.807, 2.05) is 0 Å². The summed E-state index contributed by atoms with van der Waals surface area (Å²) in [6, 6.07) is 1.79. The molecule has 0 aromatic carbocycles. The second-order valence-electron chi connectivity index (χ2n) is 5.36. The van der Waals surface area contributed by atoms with Gasteiger partial charge in [0.05, 0.1) is 17.9 Å². The molecule has 0 saturated heterocycles. The van der Waals surface area contributed by atoms with Gasteiger partial charge in [-0.3, -0.25) is 9.48 Å². The molecule has 1 fully saturated rings. The Morgan fingerprint density at radius 1 is 1.53 bits per heavy atom. The molecule has 0 atom stereocenters. The van der Waals surface area contributed by atoms with Gasteiger partial charge in [-0.2, -0.15) is 5.10 Å². The van der Waals surface area contributed by atoms with Gasteiger partial charge < -0.3 is 5.11 Å². The molecule has 2 rings (SSSR count). The van der Waals surface area contributed by atoms with Gasteiger partial charge in [-0.1, -0.05) is 0 Å². The van der Waals surface area contributed by atoms with Crippen LogP contribution in [0.15, 0.2) is 12.3 Å². The largest absolute Gasteiger partial charge is 0.481 e. The van der Waals surface area contributed by atoms with E-state index in [0.29, 0.717) is 19.3 Å². The first-order valence-electron chi connectivity index (χ1n) is 6.21. The fourth-order valence-electron chi connectivity index (χ4n) is 2.32. The summed E-state index contributed by atoms with van der Waals surface area (Å²) < 4.78 is 25.8. The third kappa shape index (κ3) is 3.79. The number of carboxylic acid groups (broad SMARTS) is 1. The van der Waals surface area contributed by atoms with Crippen LogP contribution in [-0.2, 0) is 28.1 Å². The van der Waals surface area contributed by atoms with Gasteiger partial charge in [0.2, 0.25) is 0 Å². The fraction of sp³-hybridized carbons (Fsp3) is 0.667. The summed E-state index contributed by atoms with van der Waals surface area (Å²) in [5.41, 5.74) is 0.364. The molecule has 19 heavy (non-hydrogen) atoms. The second-order valence-corrected chi connectivity index (χ2v) is 7.54. The van der Waals surface area contributed by atoms with Gasteiger partial charge >= 0.3 is 5.97 Å². The highest BCUT2D eigenvalue weighted by atomic mass is 32.2. The number of carbonyl (C=O) groups is 1. The molecule has 0 amide bonds. The van der Waals surface area contributed by atoms with Gasteiger partial charge in [0.25, 0.3) is 0 Å². The Labute approximate surface area is 112 Å². The minimum Gasteiger partial charge on any atom is -0.481 e. The SMILES string of the molecule is Cn1nccc1CCS(=O)(=O)CC1(CC(=O)O)CC1. The van der Waals surface area contributed by atoms with Crippen LogP contribution in [0.25, 0.3) is 0 Å². The van der Waals surface area contributed by atoms with Crippen LogP contribution in [0.1, 0.15) is 25.0 Å². The number of nitrogens with zero attached hydrogens (tertiary/aromatic N) is 2. The van der Waals surface area contributed by atoms with E-state index >= 15 is 0 Å². The van der Waals surface area contributed by atoms with E-state index in [-0.39, 0.29) is 17.9 Å². The van der Waals surface area contributed by atoms with E-state index in [0.717, 1.165) is 5.69 Å². The Bertz CT molecular complexity index is 572. The van der Waals surface area contributed by atoms with Crippen molar-refractivity contribution in [3.05, 3.63) is 18.0 Å². The molecule has 1 aromatic heterocycles. The van der Waals surface area contributed by atoms with E-state index < -0.39 is 21.2 Å². The van der Waals surface area contributed by atoms with Gasteiger partial charge in [-0.25, -0.2) is 8.42 Å². The van der Waals surface area contributed by atoms with Crippen LogP contribution in [0.3, 0.4) is 0 Å². The van der Waals surface area contributed by atoms with E-state index in [1.165, 1.54) is 0 Å².